The molecule has 20 heavy (non-hydrogen) atoms. The number of nitrogens with zero attached hydrogens (tertiary/aromatic N) is 1. The highest BCUT2D eigenvalue weighted by Crippen LogP contribution is 2.14. The Morgan fingerprint density at radius 2 is 1.30 bits per heavy atom. The van der Waals surface area contributed by atoms with Gasteiger partial charge >= 0.3 is 10.4 Å². The van der Waals surface area contributed by atoms with Gasteiger partial charge in [-0.15, -0.1) is 0 Å². The van der Waals surface area contributed by atoms with Gasteiger partial charge in [-0.3, -0.25) is 9.11 Å². The standard InChI is InChI=1S/C14H31N.H2O4S/c1-5-7-8-9-10-11-13-14(12-6-2)15(3)4;1-5(2,3)4/h14H,5-13H2,1-4H3;(H2,1,2,3,4). The van der Waals surface area contributed by atoms with Crippen molar-refractivity contribution in [2.45, 2.75) is 77.7 Å². The molecule has 2 N–H and O–H groups in total. The monoisotopic (exact) mass is 311 g/mol. The van der Waals surface area contributed by atoms with Crippen LogP contribution in [0.5, 0.6) is 0 Å². The molecule has 0 aromatic heterocycles. The largest absolute Gasteiger partial charge is 0.394 e. The molecular formula is C14H33NO4S. The van der Waals surface area contributed by atoms with E-state index in [9.17, 15) is 0 Å². The Hall–Kier alpha value is -0.170. The Morgan fingerprint density at radius 1 is 0.850 bits per heavy atom. The van der Waals surface area contributed by atoms with E-state index in [-0.39, 0.29) is 0 Å². The van der Waals surface area contributed by atoms with Crippen LogP contribution >= 0.6 is 0 Å². The average molecular weight is 311 g/mol. The van der Waals surface area contributed by atoms with Gasteiger partial charge in [0.15, 0.2) is 0 Å². The van der Waals surface area contributed by atoms with E-state index in [1.807, 2.05) is 0 Å². The first-order chi connectivity index (χ1) is 9.22. The van der Waals surface area contributed by atoms with Crippen LogP contribution in [0.1, 0.15) is 71.6 Å². The number of hydrogen-bond donors (Lipinski definition) is 2. The van der Waals surface area contributed by atoms with E-state index in [0.717, 1.165) is 6.04 Å². The maximum Gasteiger partial charge on any atom is 0.394 e. The molecule has 0 aliphatic heterocycles. The minimum absolute atomic E-state index is 0.821. The molecular weight excluding hydrogens is 278 g/mol. The predicted octanol–water partition coefficient (Wildman–Crippen LogP) is 3.81. The molecule has 0 aliphatic carbocycles. The molecule has 5 nitrogen and oxygen atoms in total. The third-order valence-electron chi connectivity index (χ3n) is 3.24. The second-order valence-corrected chi connectivity index (χ2v) is 6.31. The molecule has 0 saturated heterocycles. The molecule has 0 aromatic carbocycles. The van der Waals surface area contributed by atoms with Crippen molar-refractivity contribution in [3.63, 3.8) is 0 Å². The first-order valence-electron chi connectivity index (χ1n) is 7.58. The molecule has 0 aromatic rings. The lowest BCUT2D eigenvalue weighted by molar-refractivity contribution is 0.256. The first-order valence-corrected chi connectivity index (χ1v) is 8.98. The fourth-order valence-electron chi connectivity index (χ4n) is 2.15. The third kappa shape index (κ3) is 23.0. The van der Waals surface area contributed by atoms with Crippen molar-refractivity contribution in [1.82, 2.24) is 4.90 Å². The van der Waals surface area contributed by atoms with Gasteiger partial charge in [0.2, 0.25) is 0 Å². The summed E-state index contributed by atoms with van der Waals surface area (Å²) in [5.74, 6) is 0. The fraction of sp³-hybridized carbons (Fsp3) is 1.00. The second kappa shape index (κ2) is 13.8. The van der Waals surface area contributed by atoms with Crippen LogP contribution in [0, 0.1) is 0 Å². The van der Waals surface area contributed by atoms with Gasteiger partial charge in [0.05, 0.1) is 0 Å². The van der Waals surface area contributed by atoms with Crippen LogP contribution in [0.4, 0.5) is 0 Å². The summed E-state index contributed by atoms with van der Waals surface area (Å²) in [6, 6.07) is 0.821. The van der Waals surface area contributed by atoms with Gasteiger partial charge in [-0.25, -0.2) is 0 Å². The first kappa shape index (κ1) is 22.1. The fourth-order valence-corrected chi connectivity index (χ4v) is 2.15. The SMILES string of the molecule is CCCCCCCCC(CCC)N(C)C.O=S(=O)(O)O. The predicted molar refractivity (Wildman–Crippen MR) is 84.6 cm³/mol. The number of rotatable bonds is 10. The molecule has 0 aliphatic rings. The third-order valence-corrected chi connectivity index (χ3v) is 3.24. The summed E-state index contributed by atoms with van der Waals surface area (Å²) < 4.78 is 31.6. The lowest BCUT2D eigenvalue weighted by atomic mass is 10.0. The van der Waals surface area contributed by atoms with E-state index < -0.39 is 10.4 Å². The van der Waals surface area contributed by atoms with Gasteiger partial charge in [-0.05, 0) is 26.9 Å². The highest BCUT2D eigenvalue weighted by molar-refractivity contribution is 7.79. The van der Waals surface area contributed by atoms with E-state index in [4.69, 9.17) is 17.5 Å². The average Bonchev–Trinajstić information content (AvgIpc) is 2.29. The van der Waals surface area contributed by atoms with Crippen LogP contribution in [0.25, 0.3) is 0 Å². The lowest BCUT2D eigenvalue weighted by Gasteiger charge is -2.23. The lowest BCUT2D eigenvalue weighted by Crippen LogP contribution is -2.27. The zero-order valence-corrected chi connectivity index (χ0v) is 14.3. The Kier molecular flexibility index (Phi) is 15.3. The molecule has 0 amide bonds. The van der Waals surface area contributed by atoms with Gasteiger partial charge in [0, 0.05) is 6.04 Å². The Bertz CT molecular complexity index is 284. The molecule has 0 bridgehead atoms. The summed E-state index contributed by atoms with van der Waals surface area (Å²) in [5.41, 5.74) is 0. The minimum atomic E-state index is -4.67. The highest BCUT2D eigenvalue weighted by atomic mass is 32.3. The smallest absolute Gasteiger partial charge is 0.306 e. The van der Waals surface area contributed by atoms with Crippen molar-refractivity contribution in [2.24, 2.45) is 0 Å². The summed E-state index contributed by atoms with van der Waals surface area (Å²) in [5, 5.41) is 0. The van der Waals surface area contributed by atoms with Crippen LogP contribution in [0.2, 0.25) is 0 Å². The molecule has 0 fully saturated rings. The Balaban J connectivity index is 0. The summed E-state index contributed by atoms with van der Waals surface area (Å²) in [6.07, 6.45) is 12.6. The maximum absolute atomic E-state index is 8.74. The quantitative estimate of drug-likeness (QED) is 0.474. The zero-order chi connectivity index (χ0) is 16.0. The topological polar surface area (TPSA) is 77.8 Å². The van der Waals surface area contributed by atoms with E-state index in [2.05, 4.69) is 32.8 Å². The number of unbranched alkanes of at least 4 members (excludes halogenated alkanes) is 5. The molecule has 0 saturated carbocycles. The molecule has 6 heteroatoms. The number of hydrogen-bond acceptors (Lipinski definition) is 3. The molecule has 0 radical (unpaired) electrons. The van der Waals surface area contributed by atoms with Crippen LogP contribution in [0.15, 0.2) is 0 Å². The van der Waals surface area contributed by atoms with Gasteiger partial charge < -0.3 is 4.90 Å². The van der Waals surface area contributed by atoms with Crippen molar-refractivity contribution in [3.8, 4) is 0 Å². The molecule has 0 heterocycles. The normalized spacial score (nSPS) is 12.9. The second-order valence-electron chi connectivity index (χ2n) is 5.41. The van der Waals surface area contributed by atoms with Crippen LogP contribution in [0.3, 0.4) is 0 Å². The van der Waals surface area contributed by atoms with E-state index in [0.29, 0.717) is 0 Å². The summed E-state index contributed by atoms with van der Waals surface area (Å²) in [6.45, 7) is 4.57. The molecule has 1 atom stereocenters. The Morgan fingerprint density at radius 3 is 1.70 bits per heavy atom. The van der Waals surface area contributed by atoms with Gasteiger partial charge in [0.1, 0.15) is 0 Å². The minimum Gasteiger partial charge on any atom is -0.306 e. The van der Waals surface area contributed by atoms with Crippen molar-refractivity contribution in [2.75, 3.05) is 14.1 Å². The van der Waals surface area contributed by atoms with E-state index in [1.165, 1.54) is 57.8 Å². The van der Waals surface area contributed by atoms with Crippen molar-refractivity contribution in [3.05, 3.63) is 0 Å². The van der Waals surface area contributed by atoms with Crippen LogP contribution in [-0.2, 0) is 10.4 Å². The van der Waals surface area contributed by atoms with Gasteiger partial charge in [0.25, 0.3) is 0 Å². The molecule has 0 rings (SSSR count). The van der Waals surface area contributed by atoms with Crippen molar-refractivity contribution in [1.29, 1.82) is 0 Å². The summed E-state index contributed by atoms with van der Waals surface area (Å²) in [7, 11) is -0.227. The zero-order valence-electron chi connectivity index (χ0n) is 13.5. The Labute approximate surface area is 125 Å². The van der Waals surface area contributed by atoms with Crippen LogP contribution in [-0.4, -0.2) is 42.6 Å². The summed E-state index contributed by atoms with van der Waals surface area (Å²) in [4.78, 5) is 2.40. The van der Waals surface area contributed by atoms with Gasteiger partial charge in [-0.2, -0.15) is 8.42 Å². The summed E-state index contributed by atoms with van der Waals surface area (Å²) >= 11 is 0. The van der Waals surface area contributed by atoms with E-state index >= 15 is 0 Å². The molecule has 124 valence electrons. The van der Waals surface area contributed by atoms with E-state index in [1.54, 1.807) is 0 Å². The maximum atomic E-state index is 8.74. The van der Waals surface area contributed by atoms with Gasteiger partial charge in [-0.1, -0.05) is 58.8 Å². The molecule has 1 unspecified atom stereocenters. The highest BCUT2D eigenvalue weighted by Gasteiger charge is 2.08. The van der Waals surface area contributed by atoms with Crippen LogP contribution < -0.4 is 0 Å². The van der Waals surface area contributed by atoms with Crippen molar-refractivity contribution >= 4 is 10.4 Å². The molecule has 0 spiro atoms. The van der Waals surface area contributed by atoms with Crippen molar-refractivity contribution < 1.29 is 17.5 Å².